The monoisotopic (exact) mass is 310 g/mol. The summed E-state index contributed by atoms with van der Waals surface area (Å²) in [4.78, 5) is 11.0. The molecule has 5 heteroatoms. The van der Waals surface area contributed by atoms with Crippen LogP contribution in [0.2, 0.25) is 5.02 Å². The topological polar surface area (TPSA) is 50.4 Å². The van der Waals surface area contributed by atoms with Crippen molar-refractivity contribution in [3.05, 3.63) is 29.3 Å². The molecule has 1 fully saturated rings. The Morgan fingerprint density at radius 2 is 2.00 bits per heavy atom. The van der Waals surface area contributed by atoms with Crippen LogP contribution in [0.5, 0.6) is 5.75 Å². The SMILES string of the molecule is CC(=O)NC1CCC(NCCOc2cccc(Cl)c2)CC1. The number of nitrogens with one attached hydrogen (secondary N) is 2. The smallest absolute Gasteiger partial charge is 0.217 e. The quantitative estimate of drug-likeness (QED) is 0.794. The summed E-state index contributed by atoms with van der Waals surface area (Å²) >= 11 is 5.90. The van der Waals surface area contributed by atoms with Gasteiger partial charge in [-0.05, 0) is 43.9 Å². The third-order valence-electron chi connectivity index (χ3n) is 3.73. The Labute approximate surface area is 131 Å². The van der Waals surface area contributed by atoms with E-state index in [1.165, 1.54) is 0 Å². The molecule has 0 unspecified atom stereocenters. The van der Waals surface area contributed by atoms with Gasteiger partial charge >= 0.3 is 0 Å². The van der Waals surface area contributed by atoms with E-state index in [0.717, 1.165) is 38.0 Å². The molecule has 1 amide bonds. The fraction of sp³-hybridized carbons (Fsp3) is 0.562. The van der Waals surface area contributed by atoms with Crippen molar-refractivity contribution in [2.45, 2.75) is 44.7 Å². The molecule has 1 saturated carbocycles. The molecule has 2 rings (SSSR count). The van der Waals surface area contributed by atoms with Crippen molar-refractivity contribution in [1.29, 1.82) is 0 Å². The number of rotatable bonds is 6. The molecule has 0 aromatic heterocycles. The fourth-order valence-corrected chi connectivity index (χ4v) is 2.90. The van der Waals surface area contributed by atoms with Gasteiger partial charge in [-0.25, -0.2) is 0 Å². The molecule has 116 valence electrons. The molecular formula is C16H23ClN2O2. The van der Waals surface area contributed by atoms with Crippen LogP contribution in [-0.2, 0) is 4.79 Å². The molecule has 1 aliphatic rings. The van der Waals surface area contributed by atoms with Gasteiger partial charge < -0.3 is 15.4 Å². The molecule has 1 aromatic rings. The van der Waals surface area contributed by atoms with Crippen LogP contribution in [0.15, 0.2) is 24.3 Å². The molecule has 0 aliphatic heterocycles. The van der Waals surface area contributed by atoms with E-state index in [-0.39, 0.29) is 5.91 Å². The number of carbonyl (C=O) groups excluding carboxylic acids is 1. The van der Waals surface area contributed by atoms with Crippen LogP contribution in [0.25, 0.3) is 0 Å². The maximum absolute atomic E-state index is 11.0. The summed E-state index contributed by atoms with van der Waals surface area (Å²) < 4.78 is 5.65. The standard InChI is InChI=1S/C16H23ClN2O2/c1-12(20)19-15-7-5-14(6-8-15)18-9-10-21-16-4-2-3-13(17)11-16/h2-4,11,14-15,18H,5-10H2,1H3,(H,19,20). The van der Waals surface area contributed by atoms with E-state index in [1.807, 2.05) is 24.3 Å². The van der Waals surface area contributed by atoms with Gasteiger partial charge in [0.1, 0.15) is 12.4 Å². The lowest BCUT2D eigenvalue weighted by Crippen LogP contribution is -2.42. The zero-order valence-corrected chi connectivity index (χ0v) is 13.2. The lowest BCUT2D eigenvalue weighted by Gasteiger charge is -2.29. The largest absolute Gasteiger partial charge is 0.492 e. The molecule has 0 spiro atoms. The Hall–Kier alpha value is -1.26. The number of amides is 1. The average Bonchev–Trinajstić information content (AvgIpc) is 2.45. The summed E-state index contributed by atoms with van der Waals surface area (Å²) in [5.41, 5.74) is 0. The molecule has 21 heavy (non-hydrogen) atoms. The first-order valence-corrected chi connectivity index (χ1v) is 7.90. The number of benzene rings is 1. The van der Waals surface area contributed by atoms with E-state index < -0.39 is 0 Å². The van der Waals surface area contributed by atoms with E-state index in [0.29, 0.717) is 23.7 Å². The number of hydrogen-bond acceptors (Lipinski definition) is 3. The first-order valence-electron chi connectivity index (χ1n) is 7.52. The van der Waals surface area contributed by atoms with Crippen LogP contribution in [0.1, 0.15) is 32.6 Å². The van der Waals surface area contributed by atoms with Crippen LogP contribution in [0.3, 0.4) is 0 Å². The van der Waals surface area contributed by atoms with Crippen LogP contribution in [0, 0.1) is 0 Å². The van der Waals surface area contributed by atoms with Crippen LogP contribution >= 0.6 is 11.6 Å². The molecule has 0 heterocycles. The van der Waals surface area contributed by atoms with E-state index in [2.05, 4.69) is 10.6 Å². The van der Waals surface area contributed by atoms with Crippen molar-refractivity contribution in [3.63, 3.8) is 0 Å². The number of hydrogen-bond donors (Lipinski definition) is 2. The third kappa shape index (κ3) is 5.94. The van der Waals surface area contributed by atoms with Crippen molar-refractivity contribution < 1.29 is 9.53 Å². The molecule has 2 N–H and O–H groups in total. The second-order valence-electron chi connectivity index (χ2n) is 5.51. The molecule has 0 bridgehead atoms. The normalized spacial score (nSPS) is 21.8. The molecule has 4 nitrogen and oxygen atoms in total. The molecule has 0 atom stereocenters. The number of ether oxygens (including phenoxy) is 1. The highest BCUT2D eigenvalue weighted by atomic mass is 35.5. The van der Waals surface area contributed by atoms with Gasteiger partial charge in [-0.3, -0.25) is 4.79 Å². The zero-order chi connectivity index (χ0) is 15.1. The summed E-state index contributed by atoms with van der Waals surface area (Å²) in [6.45, 7) is 3.03. The molecule has 1 aliphatic carbocycles. The van der Waals surface area contributed by atoms with E-state index in [4.69, 9.17) is 16.3 Å². The first kappa shape index (κ1) is 16.1. The van der Waals surface area contributed by atoms with Gasteiger partial charge in [0.25, 0.3) is 0 Å². The molecule has 0 saturated heterocycles. The zero-order valence-electron chi connectivity index (χ0n) is 12.4. The highest BCUT2D eigenvalue weighted by molar-refractivity contribution is 6.30. The highest BCUT2D eigenvalue weighted by Crippen LogP contribution is 2.19. The van der Waals surface area contributed by atoms with Crippen LogP contribution in [0.4, 0.5) is 0 Å². The Balaban J connectivity index is 1.59. The first-order chi connectivity index (χ1) is 10.1. The predicted molar refractivity (Wildman–Crippen MR) is 84.8 cm³/mol. The van der Waals surface area contributed by atoms with Gasteiger partial charge in [-0.15, -0.1) is 0 Å². The summed E-state index contributed by atoms with van der Waals surface area (Å²) in [5.74, 6) is 0.875. The predicted octanol–water partition coefficient (Wildman–Crippen LogP) is 2.76. The second-order valence-corrected chi connectivity index (χ2v) is 5.95. The van der Waals surface area contributed by atoms with E-state index in [1.54, 1.807) is 6.92 Å². The minimum absolute atomic E-state index is 0.0707. The lowest BCUT2D eigenvalue weighted by atomic mass is 9.91. The molecule has 1 aromatic carbocycles. The van der Waals surface area contributed by atoms with Crippen molar-refractivity contribution in [2.24, 2.45) is 0 Å². The van der Waals surface area contributed by atoms with Crippen LogP contribution in [-0.4, -0.2) is 31.1 Å². The van der Waals surface area contributed by atoms with Crippen molar-refractivity contribution >= 4 is 17.5 Å². The highest BCUT2D eigenvalue weighted by Gasteiger charge is 2.20. The van der Waals surface area contributed by atoms with Crippen molar-refractivity contribution in [2.75, 3.05) is 13.2 Å². The summed E-state index contributed by atoms with van der Waals surface area (Å²) in [6.07, 6.45) is 4.29. The van der Waals surface area contributed by atoms with Gasteiger partial charge in [0.15, 0.2) is 0 Å². The fourth-order valence-electron chi connectivity index (χ4n) is 2.72. The Morgan fingerprint density at radius 3 is 2.67 bits per heavy atom. The van der Waals surface area contributed by atoms with Crippen molar-refractivity contribution in [1.82, 2.24) is 10.6 Å². The Morgan fingerprint density at radius 1 is 1.29 bits per heavy atom. The minimum Gasteiger partial charge on any atom is -0.492 e. The summed E-state index contributed by atoms with van der Waals surface area (Å²) in [5, 5.41) is 7.19. The van der Waals surface area contributed by atoms with Crippen LogP contribution < -0.4 is 15.4 Å². The maximum atomic E-state index is 11.0. The summed E-state index contributed by atoms with van der Waals surface area (Å²) in [7, 11) is 0. The maximum Gasteiger partial charge on any atom is 0.217 e. The third-order valence-corrected chi connectivity index (χ3v) is 3.97. The van der Waals surface area contributed by atoms with Gasteiger partial charge in [0.2, 0.25) is 5.91 Å². The Bertz CT molecular complexity index is 459. The second kappa shape index (κ2) is 8.25. The average molecular weight is 311 g/mol. The van der Waals surface area contributed by atoms with E-state index >= 15 is 0 Å². The number of carbonyl (C=O) groups is 1. The lowest BCUT2D eigenvalue weighted by molar-refractivity contribution is -0.119. The van der Waals surface area contributed by atoms with Crippen molar-refractivity contribution in [3.8, 4) is 5.75 Å². The number of halogens is 1. The molecule has 0 radical (unpaired) electrons. The Kier molecular flexibility index (Phi) is 6.33. The minimum atomic E-state index is 0.0707. The van der Waals surface area contributed by atoms with Gasteiger partial charge in [-0.1, -0.05) is 17.7 Å². The molecular weight excluding hydrogens is 288 g/mol. The van der Waals surface area contributed by atoms with E-state index in [9.17, 15) is 4.79 Å². The summed E-state index contributed by atoms with van der Waals surface area (Å²) in [6, 6.07) is 8.32. The van der Waals surface area contributed by atoms with Gasteiger partial charge in [0, 0.05) is 30.6 Å². The van der Waals surface area contributed by atoms with Gasteiger partial charge in [-0.2, -0.15) is 0 Å². The van der Waals surface area contributed by atoms with Gasteiger partial charge in [0.05, 0.1) is 0 Å².